The monoisotopic (exact) mass is 490 g/mol. The molecule has 0 radical (unpaired) electrons. The van der Waals surface area contributed by atoms with E-state index >= 15 is 8.78 Å². The van der Waals surface area contributed by atoms with Crippen LogP contribution in [0.15, 0.2) is 24.0 Å². The van der Waals surface area contributed by atoms with Crippen LogP contribution in [0.25, 0.3) is 0 Å². The summed E-state index contributed by atoms with van der Waals surface area (Å²) in [5, 5.41) is 0. The number of ether oxygens (including phenoxy) is 1. The van der Waals surface area contributed by atoms with E-state index in [9.17, 15) is 4.39 Å². The zero-order valence-corrected chi connectivity index (χ0v) is 21.8. The second-order valence-electron chi connectivity index (χ2n) is 11.5. The molecule has 0 N–H and O–H groups in total. The highest BCUT2D eigenvalue weighted by Gasteiger charge is 2.30. The molecule has 0 amide bonds. The van der Waals surface area contributed by atoms with Crippen molar-refractivity contribution < 1.29 is 17.9 Å². The third-order valence-electron chi connectivity index (χ3n) is 9.25. The molecular formula is C31H45F3O. The van der Waals surface area contributed by atoms with Crippen molar-refractivity contribution in [1.82, 2.24) is 0 Å². The van der Waals surface area contributed by atoms with Crippen molar-refractivity contribution >= 4 is 0 Å². The fraction of sp³-hybridized carbons (Fsp3) is 0.742. The van der Waals surface area contributed by atoms with Gasteiger partial charge in [-0.25, -0.2) is 13.2 Å². The van der Waals surface area contributed by atoms with Crippen LogP contribution < -0.4 is 0 Å². The Labute approximate surface area is 210 Å². The first-order valence-corrected chi connectivity index (χ1v) is 14.5. The lowest BCUT2D eigenvalue weighted by molar-refractivity contribution is 0.00353. The average Bonchev–Trinajstić information content (AvgIpc) is 2.89. The second-order valence-corrected chi connectivity index (χ2v) is 11.5. The molecule has 1 aromatic carbocycles. The molecule has 0 aliphatic heterocycles. The van der Waals surface area contributed by atoms with Gasteiger partial charge in [-0.2, -0.15) is 0 Å². The topological polar surface area (TPSA) is 9.23 Å². The minimum Gasteiger partial charge on any atom is -0.377 e. The van der Waals surface area contributed by atoms with Crippen LogP contribution in [0, 0.1) is 29.4 Å². The summed E-state index contributed by atoms with van der Waals surface area (Å²) in [4.78, 5) is 0. The van der Waals surface area contributed by atoms with Crippen LogP contribution in [-0.2, 0) is 4.74 Å². The molecule has 2 unspecified atom stereocenters. The largest absolute Gasteiger partial charge is 0.377 e. The molecule has 196 valence electrons. The van der Waals surface area contributed by atoms with Gasteiger partial charge < -0.3 is 4.74 Å². The molecule has 0 spiro atoms. The van der Waals surface area contributed by atoms with Gasteiger partial charge in [0.05, 0.1) is 12.7 Å². The highest BCUT2D eigenvalue weighted by Crippen LogP contribution is 2.41. The molecule has 4 heteroatoms. The van der Waals surface area contributed by atoms with E-state index in [1.807, 2.05) is 18.2 Å². The minimum absolute atomic E-state index is 0.00635. The van der Waals surface area contributed by atoms with Gasteiger partial charge in [-0.3, -0.25) is 0 Å². The van der Waals surface area contributed by atoms with Gasteiger partial charge in [0, 0.05) is 5.92 Å². The zero-order valence-electron chi connectivity index (χ0n) is 21.8. The third-order valence-corrected chi connectivity index (χ3v) is 9.25. The first kappa shape index (κ1) is 26.8. The number of halogens is 3. The predicted octanol–water partition coefficient (Wildman–Crippen LogP) is 9.76. The zero-order chi connectivity index (χ0) is 24.8. The van der Waals surface area contributed by atoms with Gasteiger partial charge in [-0.15, -0.1) is 0 Å². The van der Waals surface area contributed by atoms with Crippen LogP contribution in [0.4, 0.5) is 13.2 Å². The first-order chi connectivity index (χ1) is 17.0. The Bertz CT molecular complexity index is 834. The Kier molecular flexibility index (Phi) is 9.78. The van der Waals surface area contributed by atoms with Crippen LogP contribution >= 0.6 is 0 Å². The summed E-state index contributed by atoms with van der Waals surface area (Å²) in [6, 6.07) is 3.71. The maximum atomic E-state index is 15.1. The molecule has 2 saturated carbocycles. The van der Waals surface area contributed by atoms with Gasteiger partial charge in [0.25, 0.3) is 0 Å². The summed E-state index contributed by atoms with van der Waals surface area (Å²) in [5.41, 5.74) is 1.11. The van der Waals surface area contributed by atoms with E-state index in [0.717, 1.165) is 89.4 Å². The van der Waals surface area contributed by atoms with Gasteiger partial charge in [-0.05, 0) is 112 Å². The first-order valence-electron chi connectivity index (χ1n) is 14.5. The molecule has 0 bridgehead atoms. The van der Waals surface area contributed by atoms with Gasteiger partial charge >= 0.3 is 0 Å². The number of hydrogen-bond donors (Lipinski definition) is 0. The molecule has 1 nitrogen and oxygen atoms in total. The molecule has 3 aliphatic rings. The predicted molar refractivity (Wildman–Crippen MR) is 137 cm³/mol. The van der Waals surface area contributed by atoms with E-state index in [1.54, 1.807) is 0 Å². The van der Waals surface area contributed by atoms with Crippen LogP contribution in [-0.4, -0.2) is 12.7 Å². The van der Waals surface area contributed by atoms with Crippen molar-refractivity contribution in [2.75, 3.05) is 6.61 Å². The standard InChI is InChI=1S/C31H45F3O/c1-3-5-6-22-9-12-25(29(32)19-22)20-35-26-15-13-24(14-16-26)28-18-17-27(30(33)31(28)34)23-10-7-21(4-2)8-11-23/h17-19,21-26H,3-16,20H2,1-2H3. The maximum Gasteiger partial charge on any atom is 0.162 e. The van der Waals surface area contributed by atoms with Crippen molar-refractivity contribution in [3.05, 3.63) is 46.8 Å². The molecule has 4 rings (SSSR count). The van der Waals surface area contributed by atoms with E-state index < -0.39 is 11.6 Å². The third kappa shape index (κ3) is 6.73. The number of rotatable bonds is 9. The lowest BCUT2D eigenvalue weighted by Gasteiger charge is -2.32. The van der Waals surface area contributed by atoms with E-state index in [2.05, 4.69) is 13.8 Å². The Morgan fingerprint density at radius 3 is 1.91 bits per heavy atom. The number of allylic oxidation sites excluding steroid dienone is 1. The molecule has 3 aliphatic carbocycles. The van der Waals surface area contributed by atoms with Crippen molar-refractivity contribution in [1.29, 1.82) is 0 Å². The molecule has 1 aromatic rings. The molecule has 35 heavy (non-hydrogen) atoms. The lowest BCUT2D eigenvalue weighted by Crippen LogP contribution is -2.25. The quantitative estimate of drug-likeness (QED) is 0.335. The highest BCUT2D eigenvalue weighted by molar-refractivity contribution is 5.32. The summed E-state index contributed by atoms with van der Waals surface area (Å²) in [6.45, 7) is 4.83. The molecule has 2 atom stereocenters. The Morgan fingerprint density at radius 2 is 1.37 bits per heavy atom. The summed E-state index contributed by atoms with van der Waals surface area (Å²) >= 11 is 0. The fourth-order valence-corrected chi connectivity index (χ4v) is 6.74. The Balaban J connectivity index is 1.26. The second kappa shape index (κ2) is 12.8. The SMILES string of the molecule is CCCCC1C=C(F)C(COC2CCC(c3ccc(C4CCC(CC)CC4)c(F)c3F)CC2)CC1. The van der Waals surface area contributed by atoms with Gasteiger partial charge in [-0.1, -0.05) is 45.2 Å². The molecule has 0 saturated heterocycles. The minimum atomic E-state index is -0.628. The smallest absolute Gasteiger partial charge is 0.162 e. The van der Waals surface area contributed by atoms with Crippen molar-refractivity contribution in [2.24, 2.45) is 17.8 Å². The summed E-state index contributed by atoms with van der Waals surface area (Å²) in [6.07, 6.45) is 15.8. The average molecular weight is 491 g/mol. The maximum absolute atomic E-state index is 15.1. The van der Waals surface area contributed by atoms with Gasteiger partial charge in [0.15, 0.2) is 11.6 Å². The molecular weight excluding hydrogens is 445 g/mol. The molecule has 0 aromatic heterocycles. The van der Waals surface area contributed by atoms with Crippen LogP contribution in [0.2, 0.25) is 0 Å². The molecule has 2 fully saturated rings. The van der Waals surface area contributed by atoms with Gasteiger partial charge in [0.1, 0.15) is 5.83 Å². The lowest BCUT2D eigenvalue weighted by atomic mass is 9.76. The van der Waals surface area contributed by atoms with E-state index in [1.165, 1.54) is 6.42 Å². The summed E-state index contributed by atoms with van der Waals surface area (Å²) in [7, 11) is 0. The number of unbranched alkanes of at least 4 members (excludes halogenated alkanes) is 1. The van der Waals surface area contributed by atoms with E-state index in [4.69, 9.17) is 4.74 Å². The summed E-state index contributed by atoms with van der Waals surface area (Å²) in [5.74, 6) is -0.0292. The van der Waals surface area contributed by atoms with Crippen LogP contribution in [0.3, 0.4) is 0 Å². The summed E-state index contributed by atoms with van der Waals surface area (Å²) < 4.78 is 50.9. The fourth-order valence-electron chi connectivity index (χ4n) is 6.74. The van der Waals surface area contributed by atoms with Crippen molar-refractivity contribution in [3.63, 3.8) is 0 Å². The number of benzene rings is 1. The Hall–Kier alpha value is -1.29. The van der Waals surface area contributed by atoms with Crippen LogP contribution in [0.1, 0.15) is 127 Å². The normalized spacial score (nSPS) is 31.9. The van der Waals surface area contributed by atoms with Crippen LogP contribution in [0.5, 0.6) is 0 Å². The van der Waals surface area contributed by atoms with E-state index in [0.29, 0.717) is 23.7 Å². The van der Waals surface area contributed by atoms with E-state index in [-0.39, 0.29) is 29.7 Å². The number of hydrogen-bond acceptors (Lipinski definition) is 1. The molecule has 0 heterocycles. The van der Waals surface area contributed by atoms with Gasteiger partial charge in [0.2, 0.25) is 0 Å². The van der Waals surface area contributed by atoms with Crippen molar-refractivity contribution in [3.8, 4) is 0 Å². The van der Waals surface area contributed by atoms with Crippen molar-refractivity contribution in [2.45, 2.75) is 122 Å². The Morgan fingerprint density at radius 1 is 0.771 bits per heavy atom. The highest BCUT2D eigenvalue weighted by atomic mass is 19.2.